The number of halogens is 4. The molecule has 0 heterocycles. The van der Waals surface area contributed by atoms with E-state index in [2.05, 4.69) is 31.9 Å². The molecule has 2 aromatic carbocycles. The molecule has 1 nitrogen and oxygen atoms in total. The van der Waals surface area contributed by atoms with Gasteiger partial charge in [-0.25, -0.2) is 0 Å². The Morgan fingerprint density at radius 3 is 2.33 bits per heavy atom. The summed E-state index contributed by atoms with van der Waals surface area (Å²) in [6, 6.07) is 11.0. The van der Waals surface area contributed by atoms with Gasteiger partial charge in [-0.05, 0) is 51.8 Å². The molecule has 94 valence electrons. The molecule has 0 saturated carbocycles. The molecule has 0 saturated heterocycles. The van der Waals surface area contributed by atoms with Gasteiger partial charge in [0.05, 0.1) is 9.50 Å². The topological polar surface area (TPSA) is 9.23 Å². The van der Waals surface area contributed by atoms with Gasteiger partial charge in [0.2, 0.25) is 0 Å². The zero-order chi connectivity index (χ0) is 13.1. The van der Waals surface area contributed by atoms with Crippen molar-refractivity contribution in [1.29, 1.82) is 0 Å². The lowest BCUT2D eigenvalue weighted by molar-refractivity contribution is 0.480. The molecular weight excluding hydrogens is 403 g/mol. The maximum atomic E-state index is 6.15. The van der Waals surface area contributed by atoms with Crippen LogP contribution >= 0.6 is 55.1 Å². The number of hydrogen-bond donors (Lipinski definition) is 0. The fraction of sp³-hybridized carbons (Fsp3) is 0.0769. The van der Waals surface area contributed by atoms with Crippen LogP contribution in [-0.2, 0) is 5.33 Å². The summed E-state index contributed by atoms with van der Waals surface area (Å²) in [4.78, 5) is 0. The van der Waals surface area contributed by atoms with E-state index in [0.717, 1.165) is 15.4 Å². The normalized spacial score (nSPS) is 10.4. The molecule has 0 fully saturated rings. The maximum absolute atomic E-state index is 6.15. The highest BCUT2D eigenvalue weighted by Crippen LogP contribution is 2.35. The summed E-state index contributed by atoms with van der Waals surface area (Å²) in [6.45, 7) is 0. The quantitative estimate of drug-likeness (QED) is 0.529. The molecule has 0 atom stereocenters. The first-order chi connectivity index (χ1) is 8.60. The summed E-state index contributed by atoms with van der Waals surface area (Å²) in [6.07, 6.45) is 0. The molecular formula is C13H8Br2Cl2O. The van der Waals surface area contributed by atoms with Gasteiger partial charge in [-0.15, -0.1) is 0 Å². The zero-order valence-corrected chi connectivity index (χ0v) is 13.8. The first-order valence-corrected chi connectivity index (χ1v) is 7.74. The molecule has 5 heteroatoms. The van der Waals surface area contributed by atoms with E-state index >= 15 is 0 Å². The molecule has 0 N–H and O–H groups in total. The third-order valence-corrected chi connectivity index (χ3v) is 4.06. The molecule has 0 aromatic heterocycles. The van der Waals surface area contributed by atoms with Crippen molar-refractivity contribution < 1.29 is 4.74 Å². The van der Waals surface area contributed by atoms with Crippen LogP contribution in [0, 0.1) is 0 Å². The van der Waals surface area contributed by atoms with Crippen LogP contribution in [-0.4, -0.2) is 0 Å². The van der Waals surface area contributed by atoms with Gasteiger partial charge in [-0.2, -0.15) is 0 Å². The van der Waals surface area contributed by atoms with Crippen LogP contribution in [0.15, 0.2) is 40.9 Å². The molecule has 2 rings (SSSR count). The molecule has 18 heavy (non-hydrogen) atoms. The summed E-state index contributed by atoms with van der Waals surface area (Å²) in [7, 11) is 0. The van der Waals surface area contributed by atoms with E-state index in [0.29, 0.717) is 21.5 Å². The van der Waals surface area contributed by atoms with E-state index in [4.69, 9.17) is 27.9 Å². The second kappa shape index (κ2) is 6.29. The lowest BCUT2D eigenvalue weighted by Crippen LogP contribution is -1.88. The van der Waals surface area contributed by atoms with Crippen molar-refractivity contribution in [3.05, 3.63) is 56.5 Å². The van der Waals surface area contributed by atoms with Crippen molar-refractivity contribution >= 4 is 55.1 Å². The van der Waals surface area contributed by atoms with E-state index in [1.54, 1.807) is 18.2 Å². The number of ether oxygens (including phenoxy) is 1. The van der Waals surface area contributed by atoms with E-state index in [1.807, 2.05) is 18.2 Å². The lowest BCUT2D eigenvalue weighted by Gasteiger charge is -2.10. The van der Waals surface area contributed by atoms with Crippen molar-refractivity contribution in [3.63, 3.8) is 0 Å². The molecule has 0 unspecified atom stereocenters. The predicted octanol–water partition coefficient (Wildman–Crippen LogP) is 6.44. The van der Waals surface area contributed by atoms with Crippen molar-refractivity contribution in [2.75, 3.05) is 0 Å². The minimum absolute atomic E-state index is 0.578. The number of rotatable bonds is 3. The fourth-order valence-electron chi connectivity index (χ4n) is 1.39. The van der Waals surface area contributed by atoms with Crippen LogP contribution in [0.1, 0.15) is 5.56 Å². The van der Waals surface area contributed by atoms with Gasteiger partial charge in [0, 0.05) is 10.4 Å². The van der Waals surface area contributed by atoms with Gasteiger partial charge in [0.1, 0.15) is 11.5 Å². The smallest absolute Gasteiger partial charge is 0.146 e. The second-order valence-corrected chi connectivity index (χ2v) is 5.83. The Morgan fingerprint density at radius 1 is 1.00 bits per heavy atom. The molecule has 0 radical (unpaired) electrons. The molecule has 2 aromatic rings. The highest BCUT2D eigenvalue weighted by Gasteiger charge is 2.07. The van der Waals surface area contributed by atoms with Gasteiger partial charge in [0.25, 0.3) is 0 Å². The van der Waals surface area contributed by atoms with E-state index in [1.165, 1.54) is 0 Å². The van der Waals surface area contributed by atoms with E-state index < -0.39 is 0 Å². The number of benzene rings is 2. The third kappa shape index (κ3) is 3.41. The third-order valence-electron chi connectivity index (χ3n) is 2.26. The largest absolute Gasteiger partial charge is 0.455 e. The van der Waals surface area contributed by atoms with Crippen LogP contribution in [0.25, 0.3) is 0 Å². The highest BCUT2D eigenvalue weighted by molar-refractivity contribution is 9.10. The molecule has 0 spiro atoms. The number of hydrogen-bond acceptors (Lipinski definition) is 1. The number of alkyl halides is 1. The Bertz CT molecular complexity index is 573. The van der Waals surface area contributed by atoms with Crippen molar-refractivity contribution in [1.82, 2.24) is 0 Å². The molecule has 0 aliphatic heterocycles. The monoisotopic (exact) mass is 408 g/mol. The maximum Gasteiger partial charge on any atom is 0.146 e. The Morgan fingerprint density at radius 2 is 1.72 bits per heavy atom. The Labute approximate surface area is 132 Å². The minimum atomic E-state index is 0.578. The molecule has 0 aliphatic rings. The summed E-state index contributed by atoms with van der Waals surface area (Å²) >= 11 is 18.8. The van der Waals surface area contributed by atoms with Crippen LogP contribution < -0.4 is 4.74 Å². The van der Waals surface area contributed by atoms with Gasteiger partial charge < -0.3 is 4.74 Å². The van der Waals surface area contributed by atoms with Crippen molar-refractivity contribution in [2.24, 2.45) is 0 Å². The average Bonchev–Trinajstić information content (AvgIpc) is 2.34. The van der Waals surface area contributed by atoms with Crippen molar-refractivity contribution in [2.45, 2.75) is 5.33 Å². The Balaban J connectivity index is 2.28. The van der Waals surface area contributed by atoms with Gasteiger partial charge >= 0.3 is 0 Å². The van der Waals surface area contributed by atoms with Crippen LogP contribution in [0.4, 0.5) is 0 Å². The summed E-state index contributed by atoms with van der Waals surface area (Å²) < 4.78 is 6.53. The van der Waals surface area contributed by atoms with Gasteiger partial charge in [-0.3, -0.25) is 0 Å². The first kappa shape index (κ1) is 14.2. The fourth-order valence-corrected chi connectivity index (χ4v) is 2.74. The van der Waals surface area contributed by atoms with E-state index in [-0.39, 0.29) is 0 Å². The van der Waals surface area contributed by atoms with E-state index in [9.17, 15) is 0 Å². The molecule has 0 amide bonds. The molecule has 0 aliphatic carbocycles. The Hall–Kier alpha value is -0.220. The standard InChI is InChI=1S/C13H8Br2Cl2O/c14-7-8-1-3-13(11(17)5-8)18-12-4-2-9(16)6-10(12)15/h1-6H,7H2. The molecule has 0 bridgehead atoms. The first-order valence-electron chi connectivity index (χ1n) is 5.07. The highest BCUT2D eigenvalue weighted by atomic mass is 79.9. The summed E-state index contributed by atoms with van der Waals surface area (Å²) in [5.41, 5.74) is 1.10. The summed E-state index contributed by atoms with van der Waals surface area (Å²) in [5.74, 6) is 1.29. The van der Waals surface area contributed by atoms with Crippen molar-refractivity contribution in [3.8, 4) is 11.5 Å². The SMILES string of the molecule is Clc1ccc(Oc2ccc(CBr)cc2Cl)c(Br)c1. The van der Waals surface area contributed by atoms with Crippen LogP contribution in [0.5, 0.6) is 11.5 Å². The lowest BCUT2D eigenvalue weighted by atomic mass is 10.2. The average molecular weight is 411 g/mol. The Kier molecular flexibility index (Phi) is 4.96. The van der Waals surface area contributed by atoms with Gasteiger partial charge in [0.15, 0.2) is 0 Å². The van der Waals surface area contributed by atoms with Gasteiger partial charge in [-0.1, -0.05) is 45.2 Å². The zero-order valence-electron chi connectivity index (χ0n) is 9.09. The second-order valence-electron chi connectivity index (χ2n) is 3.58. The minimum Gasteiger partial charge on any atom is -0.455 e. The predicted molar refractivity (Wildman–Crippen MR) is 83.3 cm³/mol. The summed E-state index contributed by atoms with van der Waals surface area (Å²) in [5, 5.41) is 1.99. The van der Waals surface area contributed by atoms with Crippen LogP contribution in [0.3, 0.4) is 0 Å². The van der Waals surface area contributed by atoms with Crippen LogP contribution in [0.2, 0.25) is 10.0 Å².